The molecule has 0 saturated heterocycles. The first kappa shape index (κ1) is 20.3. The molecule has 29 heavy (non-hydrogen) atoms. The molecule has 0 aliphatic heterocycles. The predicted molar refractivity (Wildman–Crippen MR) is 110 cm³/mol. The fourth-order valence-electron chi connectivity index (χ4n) is 2.63. The molecule has 0 radical (unpaired) electrons. The number of nitrogens with one attached hydrogen (secondary N) is 1. The monoisotopic (exact) mass is 412 g/mol. The molecule has 0 spiro atoms. The van der Waals surface area contributed by atoms with E-state index in [9.17, 15) is 9.59 Å². The molecule has 0 bridgehead atoms. The zero-order chi connectivity index (χ0) is 20.8. The third-order valence-corrected chi connectivity index (χ3v) is 4.82. The molecule has 1 N–H and O–H groups in total. The van der Waals surface area contributed by atoms with Crippen molar-refractivity contribution in [3.63, 3.8) is 0 Å². The van der Waals surface area contributed by atoms with E-state index < -0.39 is 5.97 Å². The largest absolute Gasteiger partial charge is 0.493 e. The van der Waals surface area contributed by atoms with Gasteiger partial charge in [0.1, 0.15) is 6.61 Å². The Morgan fingerprint density at radius 2 is 1.86 bits per heavy atom. The second-order valence-corrected chi connectivity index (χ2v) is 6.83. The van der Waals surface area contributed by atoms with Crippen molar-refractivity contribution in [3.8, 4) is 11.5 Å². The number of aromatic nitrogens is 1. The molecular weight excluding hydrogens is 392 g/mol. The first-order chi connectivity index (χ1) is 14.0. The maximum absolute atomic E-state index is 12.7. The number of carbonyl (C=O) groups is 2. The van der Waals surface area contributed by atoms with Gasteiger partial charge in [0, 0.05) is 16.6 Å². The second kappa shape index (κ2) is 9.20. The van der Waals surface area contributed by atoms with Crippen molar-refractivity contribution in [2.75, 3.05) is 19.5 Å². The molecule has 0 aliphatic rings. The van der Waals surface area contributed by atoms with Crippen molar-refractivity contribution >= 4 is 28.9 Å². The normalized spacial score (nSPS) is 10.3. The van der Waals surface area contributed by atoms with Crippen LogP contribution in [0.2, 0.25) is 0 Å². The first-order valence-corrected chi connectivity index (χ1v) is 9.64. The summed E-state index contributed by atoms with van der Waals surface area (Å²) in [7, 11) is 2.84. The molecular formula is C21H20N2O5S. The smallest absolute Gasteiger partial charge is 0.337 e. The Bertz CT molecular complexity index is 1020. The summed E-state index contributed by atoms with van der Waals surface area (Å²) in [6.45, 7) is 2.12. The molecule has 150 valence electrons. The molecule has 0 saturated carbocycles. The minimum absolute atomic E-state index is 0.303. The van der Waals surface area contributed by atoms with E-state index in [2.05, 4.69) is 10.3 Å². The summed E-state index contributed by atoms with van der Waals surface area (Å²) >= 11 is 1.50. The molecule has 0 fully saturated rings. The Labute approximate surface area is 172 Å². The lowest BCUT2D eigenvalue weighted by atomic mass is 10.1. The zero-order valence-corrected chi connectivity index (χ0v) is 17.0. The van der Waals surface area contributed by atoms with Crippen LogP contribution in [0.15, 0.2) is 47.3 Å². The Morgan fingerprint density at radius 1 is 1.07 bits per heavy atom. The van der Waals surface area contributed by atoms with E-state index in [0.717, 1.165) is 11.3 Å². The minimum atomic E-state index is -0.427. The van der Waals surface area contributed by atoms with Crippen molar-refractivity contribution in [2.45, 2.75) is 13.5 Å². The number of aryl methyl sites for hydroxylation is 1. The molecule has 3 aromatic rings. The average Bonchev–Trinajstić information content (AvgIpc) is 3.26. The quantitative estimate of drug-likeness (QED) is 0.589. The average molecular weight is 412 g/mol. The lowest BCUT2D eigenvalue weighted by molar-refractivity contribution is 0.0600. The van der Waals surface area contributed by atoms with Gasteiger partial charge in [-0.25, -0.2) is 9.78 Å². The number of rotatable bonds is 7. The van der Waals surface area contributed by atoms with Crippen LogP contribution in [0.3, 0.4) is 0 Å². The maximum Gasteiger partial charge on any atom is 0.337 e. The minimum Gasteiger partial charge on any atom is -0.493 e. The summed E-state index contributed by atoms with van der Waals surface area (Å²) in [5.74, 6) is 0.244. The van der Waals surface area contributed by atoms with Crippen molar-refractivity contribution in [1.29, 1.82) is 0 Å². The Hall–Kier alpha value is -3.39. The van der Waals surface area contributed by atoms with Crippen LogP contribution >= 0.6 is 11.3 Å². The number of esters is 1. The summed E-state index contributed by atoms with van der Waals surface area (Å²) in [5, 5.41) is 4.74. The number of benzene rings is 2. The number of amides is 1. The summed E-state index contributed by atoms with van der Waals surface area (Å²) in [4.78, 5) is 28.4. The molecule has 1 amide bonds. The molecule has 1 aromatic heterocycles. The number of thiazole rings is 1. The first-order valence-electron chi connectivity index (χ1n) is 8.70. The third kappa shape index (κ3) is 4.91. The van der Waals surface area contributed by atoms with Crippen LogP contribution in [-0.2, 0) is 11.3 Å². The highest BCUT2D eigenvalue weighted by atomic mass is 32.1. The van der Waals surface area contributed by atoms with Gasteiger partial charge in [0.05, 0.1) is 31.0 Å². The van der Waals surface area contributed by atoms with Gasteiger partial charge in [0.15, 0.2) is 11.5 Å². The maximum atomic E-state index is 12.7. The Morgan fingerprint density at radius 3 is 2.52 bits per heavy atom. The predicted octanol–water partition coefficient (Wildman–Crippen LogP) is 4.08. The summed E-state index contributed by atoms with van der Waals surface area (Å²) in [5.41, 5.74) is 4.75. The molecule has 0 aliphatic carbocycles. The van der Waals surface area contributed by atoms with Crippen molar-refractivity contribution < 1.29 is 23.8 Å². The van der Waals surface area contributed by atoms with Crippen LogP contribution < -0.4 is 14.8 Å². The molecule has 8 heteroatoms. The Balaban J connectivity index is 1.73. The number of methoxy groups -OCH3 is 2. The topological polar surface area (TPSA) is 86.8 Å². The van der Waals surface area contributed by atoms with Crippen molar-refractivity contribution in [3.05, 3.63) is 69.7 Å². The van der Waals surface area contributed by atoms with E-state index in [1.165, 1.54) is 25.6 Å². The van der Waals surface area contributed by atoms with Gasteiger partial charge in [-0.3, -0.25) is 4.79 Å². The zero-order valence-electron chi connectivity index (χ0n) is 16.2. The van der Waals surface area contributed by atoms with Crippen LogP contribution in [0, 0.1) is 6.92 Å². The number of hydrogen-bond donors (Lipinski definition) is 1. The highest BCUT2D eigenvalue weighted by Crippen LogP contribution is 2.29. The van der Waals surface area contributed by atoms with Gasteiger partial charge in [-0.1, -0.05) is 0 Å². The SMILES string of the molecule is COC(=O)c1ccc(NC(=O)c2ccc(OCc3cscn3)c(OC)c2)c(C)c1. The van der Waals surface area contributed by atoms with Gasteiger partial charge in [-0.2, -0.15) is 0 Å². The van der Waals surface area contributed by atoms with E-state index in [-0.39, 0.29) is 5.91 Å². The number of hydrogen-bond acceptors (Lipinski definition) is 7. The van der Waals surface area contributed by atoms with Gasteiger partial charge in [0.25, 0.3) is 5.91 Å². The highest BCUT2D eigenvalue weighted by molar-refractivity contribution is 7.07. The van der Waals surface area contributed by atoms with Gasteiger partial charge in [0.2, 0.25) is 0 Å². The third-order valence-electron chi connectivity index (χ3n) is 4.18. The van der Waals surface area contributed by atoms with Crippen molar-refractivity contribution in [1.82, 2.24) is 4.98 Å². The van der Waals surface area contributed by atoms with E-state index in [1.807, 2.05) is 5.38 Å². The Kier molecular flexibility index (Phi) is 6.46. The van der Waals surface area contributed by atoms with Crippen LogP contribution in [0.1, 0.15) is 32.0 Å². The number of nitrogens with zero attached hydrogens (tertiary/aromatic N) is 1. The molecule has 1 heterocycles. The molecule has 0 atom stereocenters. The van der Waals surface area contributed by atoms with E-state index in [0.29, 0.717) is 34.9 Å². The fourth-order valence-corrected chi connectivity index (χ4v) is 3.17. The van der Waals surface area contributed by atoms with Gasteiger partial charge in [-0.15, -0.1) is 11.3 Å². The number of anilines is 1. The van der Waals surface area contributed by atoms with Crippen LogP contribution in [0.25, 0.3) is 0 Å². The molecule has 2 aromatic carbocycles. The molecule has 3 rings (SSSR count). The summed E-state index contributed by atoms with van der Waals surface area (Å²) in [6.07, 6.45) is 0. The lowest BCUT2D eigenvalue weighted by Crippen LogP contribution is -2.13. The lowest BCUT2D eigenvalue weighted by Gasteiger charge is -2.13. The van der Waals surface area contributed by atoms with E-state index in [1.54, 1.807) is 48.8 Å². The van der Waals surface area contributed by atoms with Crippen LogP contribution in [0.5, 0.6) is 11.5 Å². The molecule has 7 nitrogen and oxygen atoms in total. The summed E-state index contributed by atoms with van der Waals surface area (Å²) in [6, 6.07) is 9.90. The van der Waals surface area contributed by atoms with Gasteiger partial charge >= 0.3 is 5.97 Å². The van der Waals surface area contributed by atoms with Crippen LogP contribution in [-0.4, -0.2) is 31.1 Å². The highest BCUT2D eigenvalue weighted by Gasteiger charge is 2.14. The van der Waals surface area contributed by atoms with Gasteiger partial charge in [-0.05, 0) is 48.9 Å². The fraction of sp³-hybridized carbons (Fsp3) is 0.190. The number of ether oxygens (including phenoxy) is 3. The standard InChI is InChI=1S/C21H20N2O5S/c1-13-8-15(21(25)27-3)4-6-17(13)23-20(24)14-5-7-18(19(9-14)26-2)28-10-16-11-29-12-22-16/h4-9,11-12H,10H2,1-3H3,(H,23,24). The summed E-state index contributed by atoms with van der Waals surface area (Å²) < 4.78 is 15.8. The van der Waals surface area contributed by atoms with E-state index in [4.69, 9.17) is 14.2 Å². The second-order valence-electron chi connectivity index (χ2n) is 6.11. The number of carbonyl (C=O) groups excluding carboxylic acids is 2. The van der Waals surface area contributed by atoms with Gasteiger partial charge < -0.3 is 19.5 Å². The van der Waals surface area contributed by atoms with E-state index >= 15 is 0 Å². The molecule has 0 unspecified atom stereocenters. The van der Waals surface area contributed by atoms with Crippen LogP contribution in [0.4, 0.5) is 5.69 Å². The van der Waals surface area contributed by atoms with Crippen molar-refractivity contribution in [2.24, 2.45) is 0 Å².